The van der Waals surface area contributed by atoms with E-state index >= 15 is 0 Å². The van der Waals surface area contributed by atoms with Crippen LogP contribution in [-0.2, 0) is 0 Å². The molecule has 0 aromatic heterocycles. The normalized spacial score (nSPS) is 9.90. The summed E-state index contributed by atoms with van der Waals surface area (Å²) in [6, 6.07) is 14.9. The maximum Gasteiger partial charge on any atom is 0.175 e. The van der Waals surface area contributed by atoms with Gasteiger partial charge in [0.1, 0.15) is 0 Å². The van der Waals surface area contributed by atoms with Crippen LogP contribution in [0.5, 0.6) is 0 Å². The number of halogens is 1. The number of hydrogen-bond acceptors (Lipinski definition) is 2. The molecule has 0 fully saturated rings. The molecule has 20 heavy (non-hydrogen) atoms. The minimum atomic E-state index is 0.0282. The van der Waals surface area contributed by atoms with E-state index in [0.29, 0.717) is 10.7 Å². The molecule has 0 aliphatic carbocycles. The molecule has 102 valence electrons. The van der Waals surface area contributed by atoms with E-state index in [-0.39, 0.29) is 5.78 Å². The zero-order valence-corrected chi connectivity index (χ0v) is 13.2. The van der Waals surface area contributed by atoms with E-state index in [0.717, 1.165) is 15.8 Å². The average molecular weight is 349 g/mol. The standard InChI is InChI=1S/C15H13BrN2OS/c1-10(19)11-3-2-4-14(9-11)18-15(20)17-13-7-5-12(16)6-8-13/h2-9H,1H3,(H2,17,18,20). The molecule has 5 heteroatoms. The van der Waals surface area contributed by atoms with Crippen LogP contribution in [0, 0.1) is 0 Å². The molecular weight excluding hydrogens is 336 g/mol. The summed E-state index contributed by atoms with van der Waals surface area (Å²) in [5.41, 5.74) is 2.34. The molecule has 0 saturated carbocycles. The number of Topliss-reactive ketones (excluding diaryl/α,β-unsaturated/α-hetero) is 1. The number of thiocarbonyl (C=S) groups is 1. The Morgan fingerprint density at radius 2 is 1.70 bits per heavy atom. The lowest BCUT2D eigenvalue weighted by Crippen LogP contribution is -2.19. The number of ketones is 1. The van der Waals surface area contributed by atoms with Gasteiger partial charge < -0.3 is 10.6 Å². The lowest BCUT2D eigenvalue weighted by molar-refractivity contribution is 0.101. The van der Waals surface area contributed by atoms with Crippen LogP contribution in [0.1, 0.15) is 17.3 Å². The van der Waals surface area contributed by atoms with Crippen molar-refractivity contribution in [2.24, 2.45) is 0 Å². The molecule has 0 heterocycles. The zero-order chi connectivity index (χ0) is 14.5. The predicted octanol–water partition coefficient (Wildman–Crippen LogP) is 4.46. The first kappa shape index (κ1) is 14.7. The molecule has 0 saturated heterocycles. The molecule has 3 nitrogen and oxygen atoms in total. The topological polar surface area (TPSA) is 41.1 Å². The van der Waals surface area contributed by atoms with Gasteiger partial charge in [-0.25, -0.2) is 0 Å². The zero-order valence-electron chi connectivity index (χ0n) is 10.8. The van der Waals surface area contributed by atoms with Crippen LogP contribution in [0.4, 0.5) is 11.4 Å². The minimum Gasteiger partial charge on any atom is -0.332 e. The van der Waals surface area contributed by atoms with E-state index in [1.165, 1.54) is 6.92 Å². The van der Waals surface area contributed by atoms with E-state index in [1.54, 1.807) is 12.1 Å². The molecule has 0 bridgehead atoms. The van der Waals surface area contributed by atoms with Crippen molar-refractivity contribution in [2.75, 3.05) is 10.6 Å². The van der Waals surface area contributed by atoms with Crippen molar-refractivity contribution in [3.05, 3.63) is 58.6 Å². The van der Waals surface area contributed by atoms with Gasteiger partial charge in [-0.05, 0) is 55.5 Å². The van der Waals surface area contributed by atoms with Gasteiger partial charge >= 0.3 is 0 Å². The summed E-state index contributed by atoms with van der Waals surface area (Å²) in [5.74, 6) is 0.0282. The second-order valence-corrected chi connectivity index (χ2v) is 5.55. The Bertz CT molecular complexity index is 641. The van der Waals surface area contributed by atoms with Gasteiger partial charge in [-0.1, -0.05) is 28.1 Å². The van der Waals surface area contributed by atoms with Crippen LogP contribution >= 0.6 is 28.1 Å². The number of benzene rings is 2. The maximum atomic E-state index is 11.3. The van der Waals surface area contributed by atoms with Gasteiger partial charge in [0, 0.05) is 21.4 Å². The Morgan fingerprint density at radius 3 is 2.35 bits per heavy atom. The highest BCUT2D eigenvalue weighted by Gasteiger charge is 2.02. The summed E-state index contributed by atoms with van der Waals surface area (Å²) in [5, 5.41) is 6.62. The van der Waals surface area contributed by atoms with Crippen molar-refractivity contribution >= 4 is 50.4 Å². The van der Waals surface area contributed by atoms with Crippen molar-refractivity contribution in [1.82, 2.24) is 0 Å². The van der Waals surface area contributed by atoms with Gasteiger partial charge in [0.25, 0.3) is 0 Å². The fourth-order valence-corrected chi connectivity index (χ4v) is 2.14. The Balaban J connectivity index is 2.02. The summed E-state index contributed by atoms with van der Waals surface area (Å²) >= 11 is 8.62. The van der Waals surface area contributed by atoms with Crippen LogP contribution in [-0.4, -0.2) is 10.9 Å². The van der Waals surface area contributed by atoms with Gasteiger partial charge in [0.05, 0.1) is 0 Å². The first-order valence-electron chi connectivity index (χ1n) is 5.99. The lowest BCUT2D eigenvalue weighted by Gasteiger charge is -2.11. The SMILES string of the molecule is CC(=O)c1cccc(NC(=S)Nc2ccc(Br)cc2)c1. The third kappa shape index (κ3) is 4.15. The Labute approximate surface area is 131 Å². The monoisotopic (exact) mass is 348 g/mol. The van der Waals surface area contributed by atoms with Crippen LogP contribution in [0.25, 0.3) is 0 Å². The second kappa shape index (κ2) is 6.63. The van der Waals surface area contributed by atoms with Gasteiger partial charge in [-0.15, -0.1) is 0 Å². The number of anilines is 2. The van der Waals surface area contributed by atoms with Crippen LogP contribution in [0.2, 0.25) is 0 Å². The maximum absolute atomic E-state index is 11.3. The smallest absolute Gasteiger partial charge is 0.175 e. The van der Waals surface area contributed by atoms with E-state index in [4.69, 9.17) is 12.2 Å². The molecule has 0 spiro atoms. The molecule has 2 N–H and O–H groups in total. The molecule has 2 aromatic carbocycles. The highest BCUT2D eigenvalue weighted by atomic mass is 79.9. The highest BCUT2D eigenvalue weighted by Crippen LogP contribution is 2.15. The first-order valence-corrected chi connectivity index (χ1v) is 7.19. The van der Waals surface area contributed by atoms with E-state index in [1.807, 2.05) is 36.4 Å². The summed E-state index contributed by atoms with van der Waals surface area (Å²) in [4.78, 5) is 11.3. The molecular formula is C15H13BrN2OS. The molecule has 2 aromatic rings. The summed E-state index contributed by atoms with van der Waals surface area (Å²) in [6.45, 7) is 1.54. The third-order valence-corrected chi connectivity index (χ3v) is 3.36. The summed E-state index contributed by atoms with van der Waals surface area (Å²) < 4.78 is 1.01. The summed E-state index contributed by atoms with van der Waals surface area (Å²) in [6.07, 6.45) is 0. The number of nitrogens with one attached hydrogen (secondary N) is 2. The van der Waals surface area contributed by atoms with Crippen molar-refractivity contribution in [3.63, 3.8) is 0 Å². The van der Waals surface area contributed by atoms with Crippen LogP contribution < -0.4 is 10.6 Å². The van der Waals surface area contributed by atoms with E-state index in [9.17, 15) is 4.79 Å². The minimum absolute atomic E-state index is 0.0282. The highest BCUT2D eigenvalue weighted by molar-refractivity contribution is 9.10. The quantitative estimate of drug-likeness (QED) is 0.634. The Hall–Kier alpha value is -1.72. The second-order valence-electron chi connectivity index (χ2n) is 4.22. The van der Waals surface area contributed by atoms with Crippen LogP contribution in [0.3, 0.4) is 0 Å². The average Bonchev–Trinajstić information content (AvgIpc) is 2.41. The van der Waals surface area contributed by atoms with Gasteiger partial charge in [-0.3, -0.25) is 4.79 Å². The van der Waals surface area contributed by atoms with Gasteiger partial charge in [-0.2, -0.15) is 0 Å². The fourth-order valence-electron chi connectivity index (χ4n) is 1.64. The molecule has 2 rings (SSSR count). The predicted molar refractivity (Wildman–Crippen MR) is 90.4 cm³/mol. The fraction of sp³-hybridized carbons (Fsp3) is 0.0667. The molecule has 0 atom stereocenters. The van der Waals surface area contributed by atoms with Crippen molar-refractivity contribution in [2.45, 2.75) is 6.92 Å². The number of hydrogen-bond donors (Lipinski definition) is 2. The van der Waals surface area contributed by atoms with Crippen molar-refractivity contribution in [1.29, 1.82) is 0 Å². The third-order valence-electron chi connectivity index (χ3n) is 2.63. The largest absolute Gasteiger partial charge is 0.332 e. The Morgan fingerprint density at radius 1 is 1.05 bits per heavy atom. The van der Waals surface area contributed by atoms with E-state index in [2.05, 4.69) is 26.6 Å². The molecule has 0 unspecified atom stereocenters. The van der Waals surface area contributed by atoms with Crippen molar-refractivity contribution in [3.8, 4) is 0 Å². The number of carbonyl (C=O) groups excluding carboxylic acids is 1. The van der Waals surface area contributed by atoms with Gasteiger partial charge in [0.2, 0.25) is 0 Å². The van der Waals surface area contributed by atoms with Crippen molar-refractivity contribution < 1.29 is 4.79 Å². The summed E-state index contributed by atoms with van der Waals surface area (Å²) in [7, 11) is 0. The molecule has 0 aliphatic rings. The first-order chi connectivity index (χ1) is 9.54. The number of rotatable bonds is 3. The van der Waals surface area contributed by atoms with E-state index < -0.39 is 0 Å². The number of carbonyl (C=O) groups is 1. The Kier molecular flexibility index (Phi) is 4.87. The molecule has 0 radical (unpaired) electrons. The lowest BCUT2D eigenvalue weighted by atomic mass is 10.1. The van der Waals surface area contributed by atoms with Crippen LogP contribution in [0.15, 0.2) is 53.0 Å². The molecule has 0 amide bonds. The molecule has 0 aliphatic heterocycles. The van der Waals surface area contributed by atoms with Gasteiger partial charge in [0.15, 0.2) is 10.9 Å².